The molecule has 3 aromatic rings. The highest BCUT2D eigenvalue weighted by Gasteiger charge is 2.33. The van der Waals surface area contributed by atoms with Crippen molar-refractivity contribution in [2.45, 2.75) is 26.0 Å². The molecule has 1 amide bonds. The van der Waals surface area contributed by atoms with Crippen LogP contribution in [0.25, 0.3) is 0 Å². The summed E-state index contributed by atoms with van der Waals surface area (Å²) >= 11 is 1.48. The van der Waals surface area contributed by atoms with Crippen molar-refractivity contribution in [3.05, 3.63) is 63.4 Å². The smallest absolute Gasteiger partial charge is 0.264 e. The molecule has 140 valence electrons. The molecule has 4 rings (SSSR count). The highest BCUT2D eigenvalue weighted by Crippen LogP contribution is 2.29. The summed E-state index contributed by atoms with van der Waals surface area (Å²) in [5.74, 6) is 0.0872. The second-order valence-corrected chi connectivity index (χ2v) is 7.70. The first-order valence-corrected chi connectivity index (χ1v) is 9.69. The molecule has 27 heavy (non-hydrogen) atoms. The third-order valence-electron chi connectivity index (χ3n) is 4.68. The molecule has 1 aliphatic heterocycles. The van der Waals surface area contributed by atoms with Gasteiger partial charge in [-0.3, -0.25) is 14.5 Å². The Bertz CT molecular complexity index is 937. The number of amides is 1. The van der Waals surface area contributed by atoms with Crippen molar-refractivity contribution in [1.29, 1.82) is 0 Å². The van der Waals surface area contributed by atoms with Gasteiger partial charge in [-0.05, 0) is 41.6 Å². The van der Waals surface area contributed by atoms with Crippen LogP contribution in [0.15, 0.2) is 36.0 Å². The van der Waals surface area contributed by atoms with E-state index in [1.54, 1.807) is 17.1 Å². The number of carbonyl (C=O) groups excluding carboxylic acids is 1. The van der Waals surface area contributed by atoms with E-state index in [0.717, 1.165) is 27.4 Å². The fourth-order valence-corrected chi connectivity index (χ4v) is 4.27. The van der Waals surface area contributed by atoms with Crippen molar-refractivity contribution in [3.63, 3.8) is 0 Å². The number of ether oxygens (including phenoxy) is 1. The van der Waals surface area contributed by atoms with E-state index in [-0.39, 0.29) is 11.8 Å². The molecule has 0 bridgehead atoms. The maximum Gasteiger partial charge on any atom is 0.264 e. The topological polar surface area (TPSA) is 73.1 Å². The Kier molecular flexibility index (Phi) is 5.00. The van der Waals surface area contributed by atoms with Gasteiger partial charge < -0.3 is 9.64 Å². The van der Waals surface area contributed by atoms with E-state index < -0.39 is 0 Å². The first-order valence-electron chi connectivity index (χ1n) is 8.81. The van der Waals surface area contributed by atoms with E-state index in [1.807, 2.05) is 42.5 Å². The molecule has 1 atom stereocenters. The fourth-order valence-electron chi connectivity index (χ4n) is 3.40. The van der Waals surface area contributed by atoms with Gasteiger partial charge in [-0.15, -0.1) is 16.4 Å². The van der Waals surface area contributed by atoms with Gasteiger partial charge in [0.25, 0.3) is 5.91 Å². The molecule has 7 nitrogen and oxygen atoms in total. The Hall–Kier alpha value is -2.58. The van der Waals surface area contributed by atoms with Gasteiger partial charge in [-0.2, -0.15) is 0 Å². The minimum absolute atomic E-state index is 0.0422. The molecule has 0 radical (unpaired) electrons. The van der Waals surface area contributed by atoms with Crippen LogP contribution in [0.1, 0.15) is 38.1 Å². The largest absolute Gasteiger partial charge is 0.376 e. The second-order valence-electron chi connectivity index (χ2n) is 6.79. The van der Waals surface area contributed by atoms with Gasteiger partial charge in [0, 0.05) is 31.9 Å². The monoisotopic (exact) mass is 383 g/mol. The van der Waals surface area contributed by atoms with E-state index >= 15 is 0 Å². The summed E-state index contributed by atoms with van der Waals surface area (Å²) < 4.78 is 7.74. The summed E-state index contributed by atoms with van der Waals surface area (Å²) in [4.78, 5) is 19.5. The summed E-state index contributed by atoms with van der Waals surface area (Å²) in [5, 5.41) is 10.4. The molecule has 0 N–H and O–H groups in total. The minimum atomic E-state index is 0.0422. The molecule has 0 saturated heterocycles. The van der Waals surface area contributed by atoms with Crippen molar-refractivity contribution in [3.8, 4) is 0 Å². The number of nitrogens with zero attached hydrogens (tertiary/aromatic N) is 5. The number of pyridine rings is 1. The number of aromatic nitrogens is 4. The van der Waals surface area contributed by atoms with E-state index in [9.17, 15) is 4.79 Å². The molecule has 4 heterocycles. The average Bonchev–Trinajstić information content (AvgIpc) is 3.28. The Morgan fingerprint density at radius 2 is 2.19 bits per heavy atom. The van der Waals surface area contributed by atoms with Crippen LogP contribution in [0.4, 0.5) is 0 Å². The molecule has 0 spiro atoms. The van der Waals surface area contributed by atoms with Crippen molar-refractivity contribution in [2.75, 3.05) is 13.2 Å². The minimum Gasteiger partial charge on any atom is -0.376 e. The van der Waals surface area contributed by atoms with Gasteiger partial charge in [0.05, 0.1) is 30.3 Å². The van der Waals surface area contributed by atoms with Crippen molar-refractivity contribution < 1.29 is 9.53 Å². The molecule has 0 fully saturated rings. The van der Waals surface area contributed by atoms with Crippen LogP contribution in [0.5, 0.6) is 0 Å². The van der Waals surface area contributed by atoms with Crippen LogP contribution in [0, 0.1) is 6.92 Å². The van der Waals surface area contributed by atoms with Crippen LogP contribution in [-0.4, -0.2) is 43.9 Å². The Morgan fingerprint density at radius 1 is 1.37 bits per heavy atom. The summed E-state index contributed by atoms with van der Waals surface area (Å²) in [6.07, 6.45) is 3.51. The molecule has 0 aliphatic carbocycles. The quantitative estimate of drug-likeness (QED) is 0.677. The molecule has 0 saturated carbocycles. The number of aryl methyl sites for hydroxylation is 2. The van der Waals surface area contributed by atoms with E-state index in [4.69, 9.17) is 4.74 Å². The molecule has 1 aliphatic rings. The van der Waals surface area contributed by atoms with E-state index in [1.165, 1.54) is 11.3 Å². The van der Waals surface area contributed by atoms with Crippen LogP contribution < -0.4 is 0 Å². The third-order valence-corrected chi connectivity index (χ3v) is 5.71. The standard InChI is InChI=1S/C19H21N5O2S/c1-13-7-17(27-12-13)19(25)24-8-15(18-16(9-24)21-22-23(18)2)11-26-10-14-3-5-20-6-4-14/h3-7,12,15H,8-11H2,1-2H3. The van der Waals surface area contributed by atoms with Crippen LogP contribution >= 0.6 is 11.3 Å². The third kappa shape index (κ3) is 3.77. The number of fused-ring (bicyclic) bond motifs is 1. The highest BCUT2D eigenvalue weighted by atomic mass is 32.1. The zero-order valence-electron chi connectivity index (χ0n) is 15.3. The van der Waals surface area contributed by atoms with Gasteiger partial charge in [0.1, 0.15) is 5.69 Å². The summed E-state index contributed by atoms with van der Waals surface area (Å²) in [6, 6.07) is 5.81. The number of rotatable bonds is 5. The number of thiophene rings is 1. The van der Waals surface area contributed by atoms with Crippen molar-refractivity contribution >= 4 is 17.2 Å². The summed E-state index contributed by atoms with van der Waals surface area (Å²) in [6.45, 7) is 4.10. The zero-order chi connectivity index (χ0) is 18.8. The Labute approximate surface area is 161 Å². The number of hydrogen-bond donors (Lipinski definition) is 0. The normalized spacial score (nSPS) is 16.4. The fraction of sp³-hybridized carbons (Fsp3) is 0.368. The van der Waals surface area contributed by atoms with E-state index in [0.29, 0.717) is 26.3 Å². The molecule has 1 unspecified atom stereocenters. The Balaban J connectivity index is 1.49. The summed E-state index contributed by atoms with van der Waals surface area (Å²) in [7, 11) is 1.89. The van der Waals surface area contributed by atoms with E-state index in [2.05, 4.69) is 15.3 Å². The van der Waals surface area contributed by atoms with Crippen molar-refractivity contribution in [1.82, 2.24) is 24.9 Å². The first-order chi connectivity index (χ1) is 13.1. The zero-order valence-corrected chi connectivity index (χ0v) is 16.1. The van der Waals surface area contributed by atoms with Gasteiger partial charge in [0.15, 0.2) is 0 Å². The lowest BCUT2D eigenvalue weighted by Crippen LogP contribution is -2.40. The van der Waals surface area contributed by atoms with Crippen LogP contribution in [0.2, 0.25) is 0 Å². The SMILES string of the molecule is Cc1csc(C(=O)N2Cc3nnn(C)c3C(COCc3ccncc3)C2)c1. The van der Waals surface area contributed by atoms with Crippen LogP contribution in [-0.2, 0) is 24.9 Å². The maximum absolute atomic E-state index is 12.9. The van der Waals surface area contributed by atoms with Gasteiger partial charge in [0.2, 0.25) is 0 Å². The first kappa shape index (κ1) is 17.8. The molecular formula is C19H21N5O2S. The number of carbonyl (C=O) groups is 1. The average molecular weight is 383 g/mol. The lowest BCUT2D eigenvalue weighted by atomic mass is 9.98. The van der Waals surface area contributed by atoms with Gasteiger partial charge in [-0.1, -0.05) is 5.21 Å². The lowest BCUT2D eigenvalue weighted by molar-refractivity contribution is 0.0611. The summed E-state index contributed by atoms with van der Waals surface area (Å²) in [5.41, 5.74) is 4.09. The lowest BCUT2D eigenvalue weighted by Gasteiger charge is -2.32. The number of hydrogen-bond acceptors (Lipinski definition) is 6. The highest BCUT2D eigenvalue weighted by molar-refractivity contribution is 7.12. The molecule has 8 heteroatoms. The van der Waals surface area contributed by atoms with Gasteiger partial charge in [-0.25, -0.2) is 0 Å². The Morgan fingerprint density at radius 3 is 2.93 bits per heavy atom. The predicted octanol–water partition coefficient (Wildman–Crippen LogP) is 2.54. The van der Waals surface area contributed by atoms with Crippen molar-refractivity contribution in [2.24, 2.45) is 7.05 Å². The second kappa shape index (κ2) is 7.58. The molecule has 0 aromatic carbocycles. The van der Waals surface area contributed by atoms with Crippen LogP contribution in [0.3, 0.4) is 0 Å². The molecular weight excluding hydrogens is 362 g/mol. The maximum atomic E-state index is 12.9. The van der Waals surface area contributed by atoms with Gasteiger partial charge >= 0.3 is 0 Å². The molecule has 3 aromatic heterocycles. The predicted molar refractivity (Wildman–Crippen MR) is 101 cm³/mol.